The predicted octanol–water partition coefficient (Wildman–Crippen LogP) is 3.09. The molecule has 1 amide bonds. The normalized spacial score (nSPS) is 10.8. The van der Waals surface area contributed by atoms with Gasteiger partial charge in [0.2, 0.25) is 5.91 Å². The lowest BCUT2D eigenvalue weighted by molar-refractivity contribution is -0.116. The zero-order valence-electron chi connectivity index (χ0n) is 11.5. The molecule has 0 fully saturated rings. The highest BCUT2D eigenvalue weighted by molar-refractivity contribution is 14.1. The summed E-state index contributed by atoms with van der Waals surface area (Å²) in [4.78, 5) is 29.2. The Labute approximate surface area is 144 Å². The molecule has 5 nitrogen and oxygen atoms in total. The van der Waals surface area contributed by atoms with E-state index in [1.54, 1.807) is 6.07 Å². The molecule has 3 rings (SSSR count). The average molecular weight is 425 g/mol. The summed E-state index contributed by atoms with van der Waals surface area (Å²) in [6.45, 7) is 0.312. The minimum Gasteiger partial charge on any atom is -0.325 e. The van der Waals surface area contributed by atoms with E-state index in [0.29, 0.717) is 11.9 Å². The van der Waals surface area contributed by atoms with Crippen LogP contribution in [0, 0.1) is 3.57 Å². The Bertz CT molecular complexity index is 888. The number of halogens is 1. The van der Waals surface area contributed by atoms with Crippen molar-refractivity contribution in [1.29, 1.82) is 0 Å². The van der Waals surface area contributed by atoms with E-state index in [9.17, 15) is 9.59 Å². The van der Waals surface area contributed by atoms with Gasteiger partial charge in [-0.1, -0.05) is 12.1 Å². The molecule has 0 radical (unpaired) electrons. The van der Waals surface area contributed by atoms with Crippen LogP contribution in [0.5, 0.6) is 0 Å². The first-order valence-electron chi connectivity index (χ1n) is 6.62. The fourth-order valence-electron chi connectivity index (χ4n) is 2.05. The second kappa shape index (κ2) is 6.57. The van der Waals surface area contributed by atoms with Gasteiger partial charge in [-0.15, -0.1) is 11.3 Å². The predicted molar refractivity (Wildman–Crippen MR) is 96.3 cm³/mol. The largest absolute Gasteiger partial charge is 0.325 e. The minimum absolute atomic E-state index is 0.103. The molecule has 0 saturated carbocycles. The highest BCUT2D eigenvalue weighted by atomic mass is 127. The molecule has 0 aliphatic heterocycles. The van der Waals surface area contributed by atoms with E-state index in [2.05, 4.69) is 32.9 Å². The monoisotopic (exact) mass is 425 g/mol. The van der Waals surface area contributed by atoms with Gasteiger partial charge >= 0.3 is 0 Å². The lowest BCUT2D eigenvalue weighted by Gasteiger charge is -2.08. The van der Waals surface area contributed by atoms with E-state index in [1.165, 1.54) is 22.2 Å². The van der Waals surface area contributed by atoms with Crippen LogP contribution in [0.2, 0.25) is 0 Å². The molecule has 0 aliphatic carbocycles. The number of nitrogens with zero attached hydrogens (tertiary/aromatic N) is 2. The maximum Gasteiger partial charge on any atom is 0.262 e. The molecule has 0 aliphatic rings. The summed E-state index contributed by atoms with van der Waals surface area (Å²) in [6, 6.07) is 9.33. The Hall–Kier alpha value is -1.74. The summed E-state index contributed by atoms with van der Waals surface area (Å²) >= 11 is 3.60. The number of aryl methyl sites for hydroxylation is 1. The number of aromatic nitrogens is 2. The summed E-state index contributed by atoms with van der Waals surface area (Å²) in [6.07, 6.45) is 1.73. The number of carbonyl (C=O) groups excluding carboxylic acids is 1. The summed E-state index contributed by atoms with van der Waals surface area (Å²) in [5.41, 5.74) is 0.681. The van der Waals surface area contributed by atoms with Gasteiger partial charge in [0.25, 0.3) is 5.56 Å². The van der Waals surface area contributed by atoms with Crippen molar-refractivity contribution in [1.82, 2.24) is 9.55 Å². The van der Waals surface area contributed by atoms with Gasteiger partial charge in [0, 0.05) is 16.5 Å². The standard InChI is InChI=1S/C15H12IN3O2S/c16-11-3-1-2-4-12(11)18-13(20)5-7-19-9-17-14-10(15(19)21)6-8-22-14/h1-4,6,8-9H,5,7H2,(H,18,20). The molecule has 2 heterocycles. The van der Waals surface area contributed by atoms with Crippen LogP contribution in [0.15, 0.2) is 46.8 Å². The third kappa shape index (κ3) is 3.20. The molecule has 0 unspecified atom stereocenters. The quantitative estimate of drug-likeness (QED) is 0.654. The number of thiophene rings is 1. The molecule has 2 aromatic heterocycles. The fourth-order valence-corrected chi connectivity index (χ4v) is 3.30. The summed E-state index contributed by atoms with van der Waals surface area (Å²) in [5, 5.41) is 5.29. The maximum absolute atomic E-state index is 12.2. The van der Waals surface area contributed by atoms with E-state index in [-0.39, 0.29) is 17.9 Å². The van der Waals surface area contributed by atoms with Crippen LogP contribution in [0.1, 0.15) is 6.42 Å². The first-order chi connectivity index (χ1) is 10.6. The number of hydrogen-bond donors (Lipinski definition) is 1. The van der Waals surface area contributed by atoms with Gasteiger partial charge in [-0.3, -0.25) is 14.2 Å². The first-order valence-corrected chi connectivity index (χ1v) is 8.58. The van der Waals surface area contributed by atoms with Crippen LogP contribution < -0.4 is 10.9 Å². The summed E-state index contributed by atoms with van der Waals surface area (Å²) < 4.78 is 2.46. The first kappa shape index (κ1) is 15.2. The van der Waals surface area contributed by atoms with E-state index >= 15 is 0 Å². The third-order valence-electron chi connectivity index (χ3n) is 3.18. The number of rotatable bonds is 4. The Balaban J connectivity index is 1.69. The molecule has 0 spiro atoms. The molecule has 1 aromatic carbocycles. The number of para-hydroxylation sites is 1. The zero-order valence-corrected chi connectivity index (χ0v) is 14.4. The lowest BCUT2D eigenvalue weighted by Crippen LogP contribution is -2.23. The molecule has 0 atom stereocenters. The minimum atomic E-state index is -0.124. The van der Waals surface area contributed by atoms with Crippen molar-refractivity contribution in [2.45, 2.75) is 13.0 Å². The van der Waals surface area contributed by atoms with Crippen LogP contribution >= 0.6 is 33.9 Å². The maximum atomic E-state index is 12.2. The molecular formula is C15H12IN3O2S. The average Bonchev–Trinajstić information content (AvgIpc) is 2.98. The number of nitrogens with one attached hydrogen (secondary N) is 1. The van der Waals surface area contributed by atoms with Gasteiger partial charge in [0.1, 0.15) is 4.83 Å². The van der Waals surface area contributed by atoms with Gasteiger partial charge < -0.3 is 5.32 Å². The van der Waals surface area contributed by atoms with Crippen molar-refractivity contribution in [3.63, 3.8) is 0 Å². The Morgan fingerprint density at radius 2 is 2.14 bits per heavy atom. The van der Waals surface area contributed by atoms with E-state index < -0.39 is 0 Å². The van der Waals surface area contributed by atoms with Crippen molar-refractivity contribution in [2.75, 3.05) is 5.32 Å². The summed E-state index contributed by atoms with van der Waals surface area (Å²) in [7, 11) is 0. The van der Waals surface area contributed by atoms with Crippen LogP contribution in [-0.4, -0.2) is 15.5 Å². The number of hydrogen-bond acceptors (Lipinski definition) is 4. The van der Waals surface area contributed by atoms with Crippen molar-refractivity contribution in [3.05, 3.63) is 56.0 Å². The molecule has 112 valence electrons. The smallest absolute Gasteiger partial charge is 0.262 e. The Kier molecular flexibility index (Phi) is 4.53. The van der Waals surface area contributed by atoms with Gasteiger partial charge in [-0.2, -0.15) is 0 Å². The second-order valence-electron chi connectivity index (χ2n) is 4.66. The van der Waals surface area contributed by atoms with Crippen LogP contribution in [0.3, 0.4) is 0 Å². The van der Waals surface area contributed by atoms with Crippen molar-refractivity contribution in [3.8, 4) is 0 Å². The topological polar surface area (TPSA) is 64.0 Å². The molecular weight excluding hydrogens is 413 g/mol. The van der Waals surface area contributed by atoms with Crippen molar-refractivity contribution in [2.24, 2.45) is 0 Å². The van der Waals surface area contributed by atoms with Gasteiger partial charge in [0.15, 0.2) is 0 Å². The van der Waals surface area contributed by atoms with Crippen LogP contribution in [-0.2, 0) is 11.3 Å². The van der Waals surface area contributed by atoms with E-state index in [0.717, 1.165) is 14.1 Å². The SMILES string of the molecule is O=C(CCn1cnc2sccc2c1=O)Nc1ccccc1I. The molecule has 3 aromatic rings. The fraction of sp³-hybridized carbons (Fsp3) is 0.133. The molecule has 1 N–H and O–H groups in total. The van der Waals surface area contributed by atoms with Crippen LogP contribution in [0.25, 0.3) is 10.2 Å². The van der Waals surface area contributed by atoms with E-state index in [4.69, 9.17) is 0 Å². The third-order valence-corrected chi connectivity index (χ3v) is 4.94. The lowest BCUT2D eigenvalue weighted by atomic mass is 10.3. The Morgan fingerprint density at radius 3 is 2.95 bits per heavy atom. The Morgan fingerprint density at radius 1 is 1.32 bits per heavy atom. The van der Waals surface area contributed by atoms with Crippen LogP contribution in [0.4, 0.5) is 5.69 Å². The molecule has 22 heavy (non-hydrogen) atoms. The van der Waals surface area contributed by atoms with Gasteiger partial charge in [-0.25, -0.2) is 4.98 Å². The number of carbonyl (C=O) groups is 1. The highest BCUT2D eigenvalue weighted by Crippen LogP contribution is 2.17. The highest BCUT2D eigenvalue weighted by Gasteiger charge is 2.08. The number of fused-ring (bicyclic) bond motifs is 1. The number of anilines is 1. The number of amides is 1. The van der Waals surface area contributed by atoms with Crippen molar-refractivity contribution >= 4 is 55.7 Å². The molecule has 0 saturated heterocycles. The van der Waals surface area contributed by atoms with Gasteiger partial charge in [-0.05, 0) is 46.2 Å². The second-order valence-corrected chi connectivity index (χ2v) is 6.72. The number of benzene rings is 1. The zero-order chi connectivity index (χ0) is 15.5. The van der Waals surface area contributed by atoms with Crippen molar-refractivity contribution < 1.29 is 4.79 Å². The molecule has 7 heteroatoms. The molecule has 0 bridgehead atoms. The van der Waals surface area contributed by atoms with E-state index in [1.807, 2.05) is 29.6 Å². The van der Waals surface area contributed by atoms with Gasteiger partial charge in [0.05, 0.1) is 17.4 Å². The summed E-state index contributed by atoms with van der Waals surface area (Å²) in [5.74, 6) is -0.124.